The summed E-state index contributed by atoms with van der Waals surface area (Å²) >= 11 is 0. The van der Waals surface area contributed by atoms with E-state index in [1.807, 2.05) is 7.05 Å². The lowest BCUT2D eigenvalue weighted by Gasteiger charge is -2.37. The molecule has 1 fully saturated rings. The predicted molar refractivity (Wildman–Crippen MR) is 82.0 cm³/mol. The smallest absolute Gasteiger partial charge is 0.246 e. The Bertz CT molecular complexity index is 528. The van der Waals surface area contributed by atoms with Crippen LogP contribution in [0.2, 0.25) is 0 Å². The highest BCUT2D eigenvalue weighted by molar-refractivity contribution is 6.03. The molecule has 0 bridgehead atoms. The Hall–Kier alpha value is -1.55. The summed E-state index contributed by atoms with van der Waals surface area (Å²) in [6.07, 6.45) is 1.24. The summed E-state index contributed by atoms with van der Waals surface area (Å²) in [5.74, 6) is 1.56. The molecule has 1 aromatic rings. The molecule has 3 rings (SSSR count). The van der Waals surface area contributed by atoms with Gasteiger partial charge in [-0.25, -0.2) is 0 Å². The van der Waals surface area contributed by atoms with Gasteiger partial charge in [0.15, 0.2) is 0 Å². The molecule has 0 saturated carbocycles. The van der Waals surface area contributed by atoms with Crippen LogP contribution >= 0.6 is 0 Å². The molecule has 1 aromatic carbocycles. The van der Waals surface area contributed by atoms with Crippen LogP contribution in [0.25, 0.3) is 0 Å². The molecular weight excluding hydrogens is 250 g/mol. The van der Waals surface area contributed by atoms with Gasteiger partial charge in [-0.15, -0.1) is 0 Å². The molecule has 3 atom stereocenters. The number of carbonyl (C=O) groups excluding carboxylic acids is 1. The summed E-state index contributed by atoms with van der Waals surface area (Å²) in [5.41, 5.74) is 3.23. The predicted octanol–water partition coefficient (Wildman–Crippen LogP) is 2.38. The van der Waals surface area contributed by atoms with Gasteiger partial charge >= 0.3 is 0 Å². The van der Waals surface area contributed by atoms with Crippen molar-refractivity contribution in [3.63, 3.8) is 0 Å². The fourth-order valence-electron chi connectivity index (χ4n) is 3.23. The van der Waals surface area contributed by atoms with Crippen molar-refractivity contribution in [3.05, 3.63) is 23.8 Å². The lowest BCUT2D eigenvalue weighted by molar-refractivity contribution is -0.117. The molecule has 4 nitrogen and oxygen atoms in total. The van der Waals surface area contributed by atoms with Crippen LogP contribution in [0.3, 0.4) is 0 Å². The fraction of sp³-hybridized carbons (Fsp3) is 0.562. The van der Waals surface area contributed by atoms with E-state index in [0.717, 1.165) is 36.2 Å². The maximum Gasteiger partial charge on any atom is 0.246 e. The lowest BCUT2D eigenvalue weighted by atomic mass is 9.88. The van der Waals surface area contributed by atoms with Crippen molar-refractivity contribution in [2.75, 3.05) is 30.4 Å². The van der Waals surface area contributed by atoms with Gasteiger partial charge in [0.1, 0.15) is 6.04 Å². The minimum atomic E-state index is -0.209. The number of nitrogens with one attached hydrogen (secondary N) is 2. The Morgan fingerprint density at radius 1 is 1.30 bits per heavy atom. The van der Waals surface area contributed by atoms with Gasteiger partial charge in [-0.3, -0.25) is 4.79 Å². The monoisotopic (exact) mass is 273 g/mol. The number of nitrogens with zero attached hydrogens (tertiary/aromatic N) is 1. The highest BCUT2D eigenvalue weighted by Crippen LogP contribution is 2.35. The van der Waals surface area contributed by atoms with E-state index in [1.165, 1.54) is 12.1 Å². The number of hydrogen-bond acceptors (Lipinski definition) is 3. The zero-order valence-electron chi connectivity index (χ0n) is 12.4. The Labute approximate surface area is 120 Å². The molecule has 2 aliphatic heterocycles. The van der Waals surface area contributed by atoms with Crippen LogP contribution in [0, 0.1) is 11.8 Å². The first-order chi connectivity index (χ1) is 9.60. The minimum Gasteiger partial charge on any atom is -0.371 e. The molecule has 0 radical (unpaired) electrons. The molecular formula is C16H23N3O. The number of anilines is 2. The highest BCUT2D eigenvalue weighted by Gasteiger charge is 2.30. The number of benzene rings is 1. The zero-order valence-corrected chi connectivity index (χ0v) is 12.4. The fourth-order valence-corrected chi connectivity index (χ4v) is 3.23. The Morgan fingerprint density at radius 2 is 2.10 bits per heavy atom. The quantitative estimate of drug-likeness (QED) is 0.869. The van der Waals surface area contributed by atoms with Gasteiger partial charge in [-0.2, -0.15) is 0 Å². The summed E-state index contributed by atoms with van der Waals surface area (Å²) in [5, 5.41) is 6.03. The van der Waals surface area contributed by atoms with Crippen molar-refractivity contribution in [2.45, 2.75) is 26.3 Å². The van der Waals surface area contributed by atoms with Gasteiger partial charge in [0.2, 0.25) is 5.91 Å². The van der Waals surface area contributed by atoms with Crippen LogP contribution in [0.4, 0.5) is 11.4 Å². The SMILES string of the molecule is CNC1C(=O)Nc2cc(N3CCC(C)C(C)C3)ccc21. The van der Waals surface area contributed by atoms with Crippen LogP contribution in [0.5, 0.6) is 0 Å². The van der Waals surface area contributed by atoms with E-state index in [2.05, 4.69) is 47.6 Å². The summed E-state index contributed by atoms with van der Waals surface area (Å²) in [4.78, 5) is 14.3. The number of fused-ring (bicyclic) bond motifs is 1. The van der Waals surface area contributed by atoms with Crippen molar-refractivity contribution >= 4 is 17.3 Å². The van der Waals surface area contributed by atoms with E-state index in [0.29, 0.717) is 0 Å². The average Bonchev–Trinajstić information content (AvgIpc) is 2.76. The second kappa shape index (κ2) is 5.09. The highest BCUT2D eigenvalue weighted by atomic mass is 16.2. The van der Waals surface area contributed by atoms with Crippen molar-refractivity contribution in [1.29, 1.82) is 0 Å². The third kappa shape index (κ3) is 2.18. The lowest BCUT2D eigenvalue weighted by Crippen LogP contribution is -2.38. The number of hydrogen-bond donors (Lipinski definition) is 2. The Kier molecular flexibility index (Phi) is 3.42. The van der Waals surface area contributed by atoms with Crippen LogP contribution in [-0.4, -0.2) is 26.0 Å². The van der Waals surface area contributed by atoms with Gasteiger partial charge in [-0.1, -0.05) is 19.9 Å². The van der Waals surface area contributed by atoms with E-state index in [-0.39, 0.29) is 11.9 Å². The molecule has 1 amide bonds. The summed E-state index contributed by atoms with van der Waals surface area (Å²) < 4.78 is 0. The number of likely N-dealkylation sites (N-methyl/N-ethyl adjacent to an activating group) is 1. The summed E-state index contributed by atoms with van der Waals surface area (Å²) in [6, 6.07) is 6.13. The minimum absolute atomic E-state index is 0.0419. The van der Waals surface area contributed by atoms with Crippen LogP contribution in [0.15, 0.2) is 18.2 Å². The first kappa shape index (κ1) is 13.4. The van der Waals surface area contributed by atoms with E-state index >= 15 is 0 Å². The van der Waals surface area contributed by atoms with E-state index < -0.39 is 0 Å². The zero-order chi connectivity index (χ0) is 14.3. The molecule has 0 aliphatic carbocycles. The molecule has 2 heterocycles. The second-order valence-corrected chi connectivity index (χ2v) is 6.17. The van der Waals surface area contributed by atoms with E-state index in [4.69, 9.17) is 0 Å². The standard InChI is InChI=1S/C16H23N3O/c1-10-6-7-19(9-11(10)2)12-4-5-13-14(8-12)18-16(20)15(13)17-3/h4-5,8,10-11,15,17H,6-7,9H2,1-3H3,(H,18,20). The molecule has 1 saturated heterocycles. The number of piperidine rings is 1. The number of amides is 1. The molecule has 2 N–H and O–H groups in total. The third-order valence-electron chi connectivity index (χ3n) is 4.86. The molecule has 4 heteroatoms. The van der Waals surface area contributed by atoms with E-state index in [9.17, 15) is 4.79 Å². The Morgan fingerprint density at radius 3 is 2.80 bits per heavy atom. The van der Waals surface area contributed by atoms with Gasteiger partial charge in [-0.05, 0) is 37.4 Å². The maximum atomic E-state index is 11.9. The van der Waals surface area contributed by atoms with Crippen molar-refractivity contribution in [2.24, 2.45) is 11.8 Å². The molecule has 108 valence electrons. The maximum absolute atomic E-state index is 11.9. The molecule has 20 heavy (non-hydrogen) atoms. The largest absolute Gasteiger partial charge is 0.371 e. The van der Waals surface area contributed by atoms with E-state index in [1.54, 1.807) is 0 Å². The van der Waals surface area contributed by atoms with Crippen molar-refractivity contribution < 1.29 is 4.79 Å². The van der Waals surface area contributed by atoms with Gasteiger partial charge < -0.3 is 15.5 Å². The molecule has 3 unspecified atom stereocenters. The first-order valence-corrected chi connectivity index (χ1v) is 7.47. The average molecular weight is 273 g/mol. The summed E-state index contributed by atoms with van der Waals surface area (Å²) in [6.45, 7) is 6.86. The third-order valence-corrected chi connectivity index (χ3v) is 4.86. The molecule has 0 aromatic heterocycles. The molecule has 0 spiro atoms. The van der Waals surface area contributed by atoms with Crippen LogP contribution in [-0.2, 0) is 4.79 Å². The number of rotatable bonds is 2. The van der Waals surface area contributed by atoms with Crippen LogP contribution < -0.4 is 15.5 Å². The van der Waals surface area contributed by atoms with Crippen LogP contribution in [0.1, 0.15) is 31.9 Å². The topological polar surface area (TPSA) is 44.4 Å². The van der Waals surface area contributed by atoms with Crippen molar-refractivity contribution in [1.82, 2.24) is 5.32 Å². The summed E-state index contributed by atoms with van der Waals surface area (Å²) in [7, 11) is 1.82. The second-order valence-electron chi connectivity index (χ2n) is 6.17. The van der Waals surface area contributed by atoms with Crippen molar-refractivity contribution in [3.8, 4) is 0 Å². The molecule has 2 aliphatic rings. The number of carbonyl (C=O) groups is 1. The Balaban J connectivity index is 1.84. The normalized spacial score (nSPS) is 29.2. The van der Waals surface area contributed by atoms with Gasteiger partial charge in [0, 0.05) is 30.0 Å². The van der Waals surface area contributed by atoms with Gasteiger partial charge in [0.25, 0.3) is 0 Å². The first-order valence-electron chi connectivity index (χ1n) is 7.47. The van der Waals surface area contributed by atoms with Gasteiger partial charge in [0.05, 0.1) is 0 Å².